The van der Waals surface area contributed by atoms with Crippen LogP contribution in [0.25, 0.3) is 11.6 Å². The Morgan fingerprint density at radius 1 is 1.06 bits per heavy atom. The third-order valence-electron chi connectivity index (χ3n) is 4.82. The van der Waals surface area contributed by atoms with Crippen molar-refractivity contribution in [3.05, 3.63) is 110 Å². The van der Waals surface area contributed by atoms with Gasteiger partial charge in [0, 0.05) is 11.6 Å². The van der Waals surface area contributed by atoms with Crippen molar-refractivity contribution in [3.63, 3.8) is 0 Å². The summed E-state index contributed by atoms with van der Waals surface area (Å²) < 4.78 is 11.3. The zero-order valence-corrected chi connectivity index (χ0v) is 18.1. The van der Waals surface area contributed by atoms with Crippen LogP contribution in [-0.4, -0.2) is 17.0 Å². The van der Waals surface area contributed by atoms with Crippen molar-refractivity contribution >= 4 is 23.0 Å². The topological polar surface area (TPSA) is 129 Å². The first-order valence-corrected chi connectivity index (χ1v) is 9.97. The van der Waals surface area contributed by atoms with E-state index in [0.29, 0.717) is 23.1 Å². The van der Waals surface area contributed by atoms with Crippen LogP contribution in [0.4, 0.5) is 11.4 Å². The van der Waals surface area contributed by atoms with Gasteiger partial charge in [-0.15, -0.1) is 6.58 Å². The second-order valence-corrected chi connectivity index (χ2v) is 7.01. The van der Waals surface area contributed by atoms with Crippen LogP contribution in [0.15, 0.2) is 73.3 Å². The van der Waals surface area contributed by atoms with Gasteiger partial charge in [0.15, 0.2) is 11.5 Å². The summed E-state index contributed by atoms with van der Waals surface area (Å²) >= 11 is 0. The Morgan fingerprint density at radius 2 is 1.79 bits per heavy atom. The lowest BCUT2D eigenvalue weighted by Crippen LogP contribution is -2.00. The fourth-order valence-corrected chi connectivity index (χ4v) is 3.26. The molecule has 34 heavy (non-hydrogen) atoms. The molecule has 0 radical (unpaired) electrons. The predicted molar refractivity (Wildman–Crippen MR) is 127 cm³/mol. The molecule has 0 atom stereocenters. The van der Waals surface area contributed by atoms with Crippen molar-refractivity contribution in [1.82, 2.24) is 0 Å². The Bertz CT molecular complexity index is 1330. The Balaban J connectivity index is 2.12. The predicted octanol–water partition coefficient (Wildman–Crippen LogP) is 6.10. The van der Waals surface area contributed by atoms with Gasteiger partial charge < -0.3 is 9.47 Å². The van der Waals surface area contributed by atoms with Crippen LogP contribution in [0.2, 0.25) is 0 Å². The maximum absolute atomic E-state index is 11.5. The first-order chi connectivity index (χ1) is 16.4. The van der Waals surface area contributed by atoms with Crippen molar-refractivity contribution < 1.29 is 19.3 Å². The third-order valence-corrected chi connectivity index (χ3v) is 4.82. The minimum Gasteiger partial charge on any atom is -0.493 e. The molecule has 3 aromatic carbocycles. The molecule has 0 aliphatic rings. The van der Waals surface area contributed by atoms with Gasteiger partial charge in [-0.05, 0) is 41.8 Å². The maximum atomic E-state index is 11.5. The lowest BCUT2D eigenvalue weighted by atomic mass is 10.0. The molecule has 0 unspecified atom stereocenters. The fraction of sp³-hybridized carbons (Fsp3) is 0.0800. The number of non-ortho nitro benzene ring substituents is 1. The molecule has 0 amide bonds. The average molecular weight is 457 g/mol. The Morgan fingerprint density at radius 3 is 2.38 bits per heavy atom. The van der Waals surface area contributed by atoms with Gasteiger partial charge >= 0.3 is 5.69 Å². The van der Waals surface area contributed by atoms with Gasteiger partial charge in [0.05, 0.1) is 34.7 Å². The van der Waals surface area contributed by atoms with Gasteiger partial charge in [-0.1, -0.05) is 36.4 Å². The van der Waals surface area contributed by atoms with Crippen LogP contribution in [0, 0.1) is 31.6 Å². The van der Waals surface area contributed by atoms with Gasteiger partial charge in [-0.3, -0.25) is 20.2 Å². The number of nitriles is 1. The summed E-state index contributed by atoms with van der Waals surface area (Å²) in [5, 5.41) is 32.2. The highest BCUT2D eigenvalue weighted by Gasteiger charge is 2.23. The molecule has 0 spiro atoms. The molecule has 0 saturated carbocycles. The number of nitrogens with zero attached hydrogens (tertiary/aromatic N) is 3. The summed E-state index contributed by atoms with van der Waals surface area (Å²) in [6, 6.07) is 17.9. The normalized spacial score (nSPS) is 10.8. The molecule has 170 valence electrons. The van der Waals surface area contributed by atoms with Crippen molar-refractivity contribution in [2.75, 3.05) is 7.11 Å². The highest BCUT2D eigenvalue weighted by atomic mass is 16.6. The number of methoxy groups -OCH3 is 1. The molecule has 0 fully saturated rings. The highest BCUT2D eigenvalue weighted by Crippen LogP contribution is 2.41. The number of allylic oxidation sites excluding steroid dienone is 2. The highest BCUT2D eigenvalue weighted by molar-refractivity contribution is 5.90. The molecule has 0 N–H and O–H groups in total. The van der Waals surface area contributed by atoms with Gasteiger partial charge in [0.2, 0.25) is 5.75 Å². The zero-order valence-electron chi connectivity index (χ0n) is 18.1. The SMILES string of the molecule is C=CCc1cc(/C=C(\C#N)c2ccccc2)cc(OC)c1Oc1ccc([N+](=O)[O-])cc1[N+](=O)[O-]. The summed E-state index contributed by atoms with van der Waals surface area (Å²) in [6.07, 6.45) is 3.66. The minimum absolute atomic E-state index is 0.176. The molecular weight excluding hydrogens is 438 g/mol. The molecule has 0 bridgehead atoms. The maximum Gasteiger partial charge on any atom is 0.318 e. The lowest BCUT2D eigenvalue weighted by molar-refractivity contribution is -0.394. The largest absolute Gasteiger partial charge is 0.493 e. The molecular formula is C25H19N3O6. The van der Waals surface area contributed by atoms with Crippen molar-refractivity contribution in [2.45, 2.75) is 6.42 Å². The van der Waals surface area contributed by atoms with Crippen LogP contribution >= 0.6 is 0 Å². The quantitative estimate of drug-likeness (QED) is 0.125. The monoisotopic (exact) mass is 457 g/mol. The van der Waals surface area contributed by atoms with E-state index in [1.54, 1.807) is 24.3 Å². The van der Waals surface area contributed by atoms with Crippen molar-refractivity contribution in [3.8, 4) is 23.3 Å². The number of hydrogen-bond donors (Lipinski definition) is 0. The van der Waals surface area contributed by atoms with Crippen LogP contribution in [0.5, 0.6) is 17.2 Å². The number of nitro benzene ring substituents is 2. The van der Waals surface area contributed by atoms with Crippen LogP contribution < -0.4 is 9.47 Å². The van der Waals surface area contributed by atoms with Crippen LogP contribution in [-0.2, 0) is 6.42 Å². The molecule has 9 heteroatoms. The Labute approximate surface area is 195 Å². The van der Waals surface area contributed by atoms with Gasteiger partial charge in [-0.25, -0.2) is 0 Å². The van der Waals surface area contributed by atoms with Crippen molar-refractivity contribution in [2.24, 2.45) is 0 Å². The second-order valence-electron chi connectivity index (χ2n) is 7.01. The minimum atomic E-state index is -0.752. The first-order valence-electron chi connectivity index (χ1n) is 9.97. The molecule has 3 aromatic rings. The first kappa shape index (κ1) is 23.7. The lowest BCUT2D eigenvalue weighted by Gasteiger charge is -2.16. The number of benzene rings is 3. The van der Waals surface area contributed by atoms with Crippen LogP contribution in [0.3, 0.4) is 0 Å². The van der Waals surface area contributed by atoms with E-state index in [9.17, 15) is 25.5 Å². The molecule has 0 saturated heterocycles. The molecule has 0 aliphatic carbocycles. The van der Waals surface area contributed by atoms with Crippen LogP contribution in [0.1, 0.15) is 16.7 Å². The van der Waals surface area contributed by atoms with E-state index in [1.807, 2.05) is 30.3 Å². The van der Waals surface area contributed by atoms with E-state index in [0.717, 1.165) is 17.7 Å². The third kappa shape index (κ3) is 5.26. The van der Waals surface area contributed by atoms with E-state index in [-0.39, 0.29) is 17.2 Å². The van der Waals surface area contributed by atoms with Gasteiger partial charge in [0.1, 0.15) is 0 Å². The van der Waals surface area contributed by atoms with E-state index in [2.05, 4.69) is 12.6 Å². The Hall–Kier alpha value is -4.97. The van der Waals surface area contributed by atoms with E-state index in [4.69, 9.17) is 9.47 Å². The second kappa shape index (κ2) is 10.6. The summed E-state index contributed by atoms with van der Waals surface area (Å²) in [5.41, 5.74) is 1.45. The molecule has 0 aliphatic heterocycles. The number of rotatable bonds is 9. The summed E-state index contributed by atoms with van der Waals surface area (Å²) in [6.45, 7) is 3.74. The molecule has 0 heterocycles. The molecule has 3 rings (SSSR count). The van der Waals surface area contributed by atoms with E-state index in [1.165, 1.54) is 13.2 Å². The average Bonchev–Trinajstić information content (AvgIpc) is 2.84. The fourth-order valence-electron chi connectivity index (χ4n) is 3.26. The van der Waals surface area contributed by atoms with Crippen molar-refractivity contribution in [1.29, 1.82) is 5.26 Å². The van der Waals surface area contributed by atoms with Gasteiger partial charge in [-0.2, -0.15) is 5.26 Å². The standard InChI is InChI=1S/C25H19N3O6/c1-3-7-19-12-17(13-20(16-26)18-8-5-4-6-9-18)14-24(33-2)25(19)34-23-11-10-21(27(29)30)15-22(23)28(31)32/h3-6,8-15H,1,7H2,2H3/b20-13+. The van der Waals surface area contributed by atoms with E-state index >= 15 is 0 Å². The van der Waals surface area contributed by atoms with E-state index < -0.39 is 21.2 Å². The molecule has 9 nitrogen and oxygen atoms in total. The number of nitro groups is 2. The number of hydrogen-bond acceptors (Lipinski definition) is 7. The zero-order chi connectivity index (χ0) is 24.7. The molecule has 0 aromatic heterocycles. The smallest absolute Gasteiger partial charge is 0.318 e. The summed E-state index contributed by atoms with van der Waals surface area (Å²) in [5.74, 6) is 0.294. The number of ether oxygens (including phenoxy) is 2. The van der Waals surface area contributed by atoms with Gasteiger partial charge in [0.25, 0.3) is 5.69 Å². The Kier molecular flexibility index (Phi) is 7.36. The summed E-state index contributed by atoms with van der Waals surface area (Å²) in [7, 11) is 1.42. The summed E-state index contributed by atoms with van der Waals surface area (Å²) in [4.78, 5) is 21.1.